The lowest BCUT2D eigenvalue weighted by molar-refractivity contribution is -0.141. The number of hydrogen-bond donors (Lipinski definition) is 3. The zero-order chi connectivity index (χ0) is 18.8. The minimum Gasteiger partial charge on any atom is -0.480 e. The smallest absolute Gasteiger partial charge is 0.321 e. The van der Waals surface area contributed by atoms with E-state index in [1.165, 1.54) is 0 Å². The van der Waals surface area contributed by atoms with E-state index in [4.69, 9.17) is 0 Å². The summed E-state index contributed by atoms with van der Waals surface area (Å²) in [5.41, 5.74) is -0.176. The van der Waals surface area contributed by atoms with Gasteiger partial charge in [0, 0.05) is 6.07 Å². The third-order valence-corrected chi connectivity index (χ3v) is 4.09. The average molecular weight is 356 g/mol. The van der Waals surface area contributed by atoms with Crippen LogP contribution in [0.5, 0.6) is 0 Å². The highest BCUT2D eigenvalue weighted by atomic mass is 19.1. The Hall–Kier alpha value is -2.02. The third kappa shape index (κ3) is 7.60. The van der Waals surface area contributed by atoms with Gasteiger partial charge in [-0.2, -0.15) is 0 Å². The fraction of sp³-hybridized carbons (Fsp3) is 0.556. The predicted octanol–water partition coefficient (Wildman–Crippen LogP) is 3.55. The number of hydrogen-bond acceptors (Lipinski definition) is 3. The molecule has 7 heteroatoms. The number of carbonyl (C=O) groups excluding carboxylic acids is 1. The SMILES string of the molecule is CCCCC(CC)CNC(CC(=O)Nc1ccc(F)cc1F)C(=O)O. The number of aliphatic carboxylic acids is 1. The Morgan fingerprint density at radius 1 is 1.24 bits per heavy atom. The molecule has 0 aliphatic rings. The van der Waals surface area contributed by atoms with Crippen molar-refractivity contribution in [3.05, 3.63) is 29.8 Å². The monoisotopic (exact) mass is 356 g/mol. The quantitative estimate of drug-likeness (QED) is 0.567. The van der Waals surface area contributed by atoms with Crippen LogP contribution in [-0.2, 0) is 9.59 Å². The molecule has 2 unspecified atom stereocenters. The van der Waals surface area contributed by atoms with Gasteiger partial charge >= 0.3 is 5.97 Å². The van der Waals surface area contributed by atoms with Crippen LogP contribution in [0.1, 0.15) is 46.0 Å². The van der Waals surface area contributed by atoms with Crippen LogP contribution < -0.4 is 10.6 Å². The van der Waals surface area contributed by atoms with Crippen LogP contribution in [0.2, 0.25) is 0 Å². The van der Waals surface area contributed by atoms with Gasteiger partial charge in [0.15, 0.2) is 0 Å². The van der Waals surface area contributed by atoms with E-state index >= 15 is 0 Å². The van der Waals surface area contributed by atoms with Crippen LogP contribution in [0.15, 0.2) is 18.2 Å². The maximum atomic E-state index is 13.5. The Balaban J connectivity index is 2.58. The number of carboxylic acids is 1. The van der Waals surface area contributed by atoms with Crippen LogP contribution in [0.4, 0.5) is 14.5 Å². The normalized spacial score (nSPS) is 13.3. The Labute approximate surface area is 146 Å². The summed E-state index contributed by atoms with van der Waals surface area (Å²) >= 11 is 0. The van der Waals surface area contributed by atoms with Crippen LogP contribution in [0.25, 0.3) is 0 Å². The minimum absolute atomic E-state index is 0.176. The number of anilines is 1. The second-order valence-electron chi connectivity index (χ2n) is 6.09. The molecular formula is C18H26F2N2O3. The van der Waals surface area contributed by atoms with E-state index in [2.05, 4.69) is 17.6 Å². The molecule has 0 spiro atoms. The van der Waals surface area contributed by atoms with Crippen molar-refractivity contribution < 1.29 is 23.5 Å². The summed E-state index contributed by atoms with van der Waals surface area (Å²) in [6.45, 7) is 4.65. The number of carbonyl (C=O) groups is 2. The fourth-order valence-corrected chi connectivity index (χ4v) is 2.48. The number of nitrogens with one attached hydrogen (secondary N) is 2. The molecule has 0 aromatic heterocycles. The summed E-state index contributed by atoms with van der Waals surface area (Å²) in [4.78, 5) is 23.3. The topological polar surface area (TPSA) is 78.4 Å². The Morgan fingerprint density at radius 3 is 2.52 bits per heavy atom. The van der Waals surface area contributed by atoms with E-state index in [1.54, 1.807) is 0 Å². The van der Waals surface area contributed by atoms with Gasteiger partial charge < -0.3 is 15.7 Å². The van der Waals surface area contributed by atoms with E-state index in [-0.39, 0.29) is 12.1 Å². The molecule has 1 rings (SSSR count). The van der Waals surface area contributed by atoms with Gasteiger partial charge in [-0.3, -0.25) is 9.59 Å². The third-order valence-electron chi connectivity index (χ3n) is 4.09. The van der Waals surface area contributed by atoms with Crippen molar-refractivity contribution in [3.8, 4) is 0 Å². The van der Waals surface area contributed by atoms with Crippen molar-refractivity contribution in [2.45, 2.75) is 52.0 Å². The van der Waals surface area contributed by atoms with Crippen LogP contribution in [0, 0.1) is 17.6 Å². The Kier molecular flexibility index (Phi) is 9.05. The van der Waals surface area contributed by atoms with Crippen molar-refractivity contribution in [2.24, 2.45) is 5.92 Å². The van der Waals surface area contributed by atoms with Gasteiger partial charge in [0.2, 0.25) is 5.91 Å². The van der Waals surface area contributed by atoms with Gasteiger partial charge in [-0.1, -0.05) is 33.1 Å². The molecule has 1 amide bonds. The lowest BCUT2D eigenvalue weighted by Gasteiger charge is -2.19. The first-order valence-electron chi connectivity index (χ1n) is 8.58. The first-order chi connectivity index (χ1) is 11.9. The summed E-state index contributed by atoms with van der Waals surface area (Å²) in [5.74, 6) is -3.09. The molecule has 0 fully saturated rings. The maximum absolute atomic E-state index is 13.5. The molecule has 3 N–H and O–H groups in total. The first kappa shape index (κ1) is 21.0. The number of carboxylic acid groups (broad SMARTS) is 1. The lowest BCUT2D eigenvalue weighted by Crippen LogP contribution is -2.42. The second-order valence-corrected chi connectivity index (χ2v) is 6.09. The van der Waals surface area contributed by atoms with Gasteiger partial charge in [-0.25, -0.2) is 8.78 Å². The highest BCUT2D eigenvalue weighted by Gasteiger charge is 2.22. The summed E-state index contributed by atoms with van der Waals surface area (Å²) in [6, 6.07) is 1.72. The molecule has 1 aromatic carbocycles. The van der Waals surface area contributed by atoms with Crippen molar-refractivity contribution in [3.63, 3.8) is 0 Å². The van der Waals surface area contributed by atoms with Crippen molar-refractivity contribution >= 4 is 17.6 Å². The van der Waals surface area contributed by atoms with E-state index in [9.17, 15) is 23.5 Å². The number of amides is 1. The van der Waals surface area contributed by atoms with Crippen molar-refractivity contribution in [1.82, 2.24) is 5.32 Å². The molecule has 0 radical (unpaired) electrons. The van der Waals surface area contributed by atoms with Crippen molar-refractivity contribution in [1.29, 1.82) is 0 Å². The molecule has 0 bridgehead atoms. The lowest BCUT2D eigenvalue weighted by atomic mass is 9.99. The van der Waals surface area contributed by atoms with Gasteiger partial charge in [0.05, 0.1) is 12.1 Å². The highest BCUT2D eigenvalue weighted by molar-refractivity contribution is 5.94. The highest BCUT2D eigenvalue weighted by Crippen LogP contribution is 2.16. The molecule has 5 nitrogen and oxygen atoms in total. The molecular weight excluding hydrogens is 330 g/mol. The Morgan fingerprint density at radius 2 is 1.96 bits per heavy atom. The van der Waals surface area contributed by atoms with Gasteiger partial charge in [0.1, 0.15) is 17.7 Å². The number of benzene rings is 1. The van der Waals surface area contributed by atoms with Crippen LogP contribution in [0.3, 0.4) is 0 Å². The molecule has 0 aliphatic carbocycles. The minimum atomic E-state index is -1.14. The number of unbranched alkanes of at least 4 members (excludes halogenated alkanes) is 1. The maximum Gasteiger partial charge on any atom is 0.321 e. The predicted molar refractivity (Wildman–Crippen MR) is 92.3 cm³/mol. The van der Waals surface area contributed by atoms with E-state index in [0.717, 1.165) is 37.8 Å². The van der Waals surface area contributed by atoms with Gasteiger partial charge in [0.25, 0.3) is 0 Å². The van der Waals surface area contributed by atoms with Gasteiger partial charge in [-0.05, 0) is 31.0 Å². The molecule has 0 aliphatic heterocycles. The molecule has 25 heavy (non-hydrogen) atoms. The first-order valence-corrected chi connectivity index (χ1v) is 8.58. The number of rotatable bonds is 11. The zero-order valence-corrected chi connectivity index (χ0v) is 14.6. The average Bonchev–Trinajstić information content (AvgIpc) is 2.56. The summed E-state index contributed by atoms with van der Waals surface area (Å²) in [7, 11) is 0. The molecule has 2 atom stereocenters. The summed E-state index contributed by atoms with van der Waals surface area (Å²) in [5, 5.41) is 14.5. The van der Waals surface area contributed by atoms with Gasteiger partial charge in [-0.15, -0.1) is 0 Å². The molecule has 140 valence electrons. The molecule has 1 aromatic rings. The molecule has 0 saturated heterocycles. The van der Waals surface area contributed by atoms with Crippen LogP contribution >= 0.6 is 0 Å². The van der Waals surface area contributed by atoms with Crippen LogP contribution in [-0.4, -0.2) is 29.6 Å². The van der Waals surface area contributed by atoms with E-state index in [1.807, 2.05) is 6.92 Å². The van der Waals surface area contributed by atoms with Crippen molar-refractivity contribution in [2.75, 3.05) is 11.9 Å². The molecule has 0 saturated carbocycles. The Bertz CT molecular complexity index is 581. The van der Waals surface area contributed by atoms with E-state index < -0.39 is 29.6 Å². The largest absolute Gasteiger partial charge is 0.480 e. The number of halogens is 2. The summed E-state index contributed by atoms with van der Waals surface area (Å²) in [6.07, 6.45) is 3.73. The fourth-order valence-electron chi connectivity index (χ4n) is 2.48. The molecule has 0 heterocycles. The zero-order valence-electron chi connectivity index (χ0n) is 14.6. The summed E-state index contributed by atoms with van der Waals surface area (Å²) < 4.78 is 26.4. The second kappa shape index (κ2) is 10.8. The standard InChI is InChI=1S/C18H26F2N2O3/c1-3-5-6-12(4-2)11-21-16(18(24)25)10-17(23)22-15-8-7-13(19)9-14(15)20/h7-9,12,16,21H,3-6,10-11H2,1-2H3,(H,22,23)(H,24,25). The van der Waals surface area contributed by atoms with E-state index in [0.29, 0.717) is 18.5 Å².